The molecule has 0 fully saturated rings. The summed E-state index contributed by atoms with van der Waals surface area (Å²) in [5.74, 6) is 5.43. The third-order valence-corrected chi connectivity index (χ3v) is 3.45. The summed E-state index contributed by atoms with van der Waals surface area (Å²) in [5.41, 5.74) is 7.42. The Morgan fingerprint density at radius 1 is 1.20 bits per heavy atom. The minimum absolute atomic E-state index is 0.121. The van der Waals surface area contributed by atoms with Crippen LogP contribution in [0.1, 0.15) is 34.1 Å². The van der Waals surface area contributed by atoms with Gasteiger partial charge in [-0.2, -0.15) is 10.2 Å². The third kappa shape index (κ3) is 3.18. The second kappa shape index (κ2) is 6.07. The van der Waals surface area contributed by atoms with Gasteiger partial charge < -0.3 is 0 Å². The lowest BCUT2D eigenvalue weighted by Gasteiger charge is -2.19. The number of rotatable bonds is 4. The van der Waals surface area contributed by atoms with E-state index in [0.29, 0.717) is 6.42 Å². The number of hydrogen-bond donors (Lipinski definition) is 2. The first-order valence-electron chi connectivity index (χ1n) is 6.53. The van der Waals surface area contributed by atoms with Crippen LogP contribution < -0.4 is 11.3 Å². The highest BCUT2D eigenvalue weighted by atomic mass is 19.1. The van der Waals surface area contributed by atoms with Crippen LogP contribution in [-0.4, -0.2) is 10.2 Å². The van der Waals surface area contributed by atoms with Crippen LogP contribution in [0.15, 0.2) is 24.3 Å². The Balaban J connectivity index is 2.33. The molecule has 2 rings (SSSR count). The smallest absolute Gasteiger partial charge is 0.123 e. The van der Waals surface area contributed by atoms with Crippen molar-refractivity contribution in [2.75, 3.05) is 0 Å². The van der Waals surface area contributed by atoms with Crippen molar-refractivity contribution in [2.24, 2.45) is 5.84 Å². The maximum atomic E-state index is 13.4. The summed E-state index contributed by atoms with van der Waals surface area (Å²) < 4.78 is 13.4. The maximum absolute atomic E-state index is 13.4. The first-order valence-corrected chi connectivity index (χ1v) is 6.53. The highest BCUT2D eigenvalue weighted by molar-refractivity contribution is 5.31. The molecular weight excluding hydrogens is 255 g/mol. The molecule has 0 saturated carbocycles. The number of benzene rings is 1. The van der Waals surface area contributed by atoms with E-state index in [4.69, 9.17) is 5.84 Å². The van der Waals surface area contributed by atoms with Gasteiger partial charge in [-0.1, -0.05) is 6.07 Å². The normalized spacial score (nSPS) is 12.4. The first-order chi connectivity index (χ1) is 9.51. The predicted octanol–water partition coefficient (Wildman–Crippen LogP) is 2.29. The van der Waals surface area contributed by atoms with Gasteiger partial charge in [0.25, 0.3) is 0 Å². The molecule has 106 valence electrons. The van der Waals surface area contributed by atoms with Gasteiger partial charge >= 0.3 is 0 Å². The number of hydrazine groups is 1. The monoisotopic (exact) mass is 274 g/mol. The molecule has 0 aliphatic carbocycles. The summed E-state index contributed by atoms with van der Waals surface area (Å²) >= 11 is 0. The topological polar surface area (TPSA) is 63.8 Å². The van der Waals surface area contributed by atoms with Gasteiger partial charge in [0.2, 0.25) is 0 Å². The van der Waals surface area contributed by atoms with Crippen molar-refractivity contribution in [3.05, 3.63) is 58.2 Å². The Morgan fingerprint density at radius 3 is 2.65 bits per heavy atom. The van der Waals surface area contributed by atoms with Gasteiger partial charge in [0.15, 0.2) is 0 Å². The van der Waals surface area contributed by atoms with E-state index < -0.39 is 0 Å². The van der Waals surface area contributed by atoms with Crippen molar-refractivity contribution < 1.29 is 4.39 Å². The molecule has 1 aromatic carbocycles. The molecule has 2 aromatic rings. The second-order valence-corrected chi connectivity index (χ2v) is 5.02. The molecule has 4 nitrogen and oxygen atoms in total. The molecular formula is C15H19FN4. The Labute approximate surface area is 118 Å². The van der Waals surface area contributed by atoms with Gasteiger partial charge in [-0.15, -0.1) is 0 Å². The summed E-state index contributed by atoms with van der Waals surface area (Å²) in [5, 5.41) is 8.13. The second-order valence-electron chi connectivity index (χ2n) is 5.02. The Kier molecular flexibility index (Phi) is 4.42. The molecule has 0 amide bonds. The van der Waals surface area contributed by atoms with Gasteiger partial charge in [0.1, 0.15) is 5.82 Å². The lowest BCUT2D eigenvalue weighted by Crippen LogP contribution is -2.30. The Hall–Kier alpha value is -1.85. The third-order valence-electron chi connectivity index (χ3n) is 3.45. The zero-order valence-corrected chi connectivity index (χ0v) is 11.9. The van der Waals surface area contributed by atoms with Crippen LogP contribution in [0.3, 0.4) is 0 Å². The van der Waals surface area contributed by atoms with Gasteiger partial charge in [0, 0.05) is 0 Å². The zero-order chi connectivity index (χ0) is 14.7. The number of aromatic nitrogens is 2. The summed E-state index contributed by atoms with van der Waals surface area (Å²) in [7, 11) is 0. The Bertz CT molecular complexity index is 613. The van der Waals surface area contributed by atoms with Crippen LogP contribution in [0, 0.1) is 26.6 Å². The minimum Gasteiger partial charge on any atom is -0.271 e. The van der Waals surface area contributed by atoms with Crippen molar-refractivity contribution in [1.82, 2.24) is 15.6 Å². The number of nitrogens with one attached hydrogen (secondary N) is 1. The van der Waals surface area contributed by atoms with E-state index in [9.17, 15) is 4.39 Å². The first kappa shape index (κ1) is 14.6. The van der Waals surface area contributed by atoms with Gasteiger partial charge in [-0.3, -0.25) is 11.3 Å². The molecule has 0 aliphatic rings. The van der Waals surface area contributed by atoms with Crippen LogP contribution in [0.4, 0.5) is 4.39 Å². The van der Waals surface area contributed by atoms with Crippen molar-refractivity contribution in [2.45, 2.75) is 33.2 Å². The molecule has 0 bridgehead atoms. The van der Waals surface area contributed by atoms with Crippen LogP contribution >= 0.6 is 0 Å². The molecule has 0 radical (unpaired) electrons. The van der Waals surface area contributed by atoms with E-state index in [1.807, 2.05) is 26.8 Å². The van der Waals surface area contributed by atoms with Crippen LogP contribution in [0.25, 0.3) is 0 Å². The van der Waals surface area contributed by atoms with Crippen LogP contribution in [0.2, 0.25) is 0 Å². The summed E-state index contributed by atoms with van der Waals surface area (Å²) in [6.07, 6.45) is 0.603. The van der Waals surface area contributed by atoms with E-state index in [1.54, 1.807) is 12.1 Å². The predicted molar refractivity (Wildman–Crippen MR) is 76.4 cm³/mol. The summed E-state index contributed by atoms with van der Waals surface area (Å²) in [6.45, 7) is 5.74. The largest absolute Gasteiger partial charge is 0.271 e. The number of hydrogen-bond acceptors (Lipinski definition) is 4. The van der Waals surface area contributed by atoms with E-state index in [2.05, 4.69) is 15.6 Å². The molecule has 0 saturated heterocycles. The van der Waals surface area contributed by atoms with E-state index in [0.717, 1.165) is 28.1 Å². The van der Waals surface area contributed by atoms with Crippen LogP contribution in [0.5, 0.6) is 0 Å². The van der Waals surface area contributed by atoms with E-state index in [-0.39, 0.29) is 11.9 Å². The summed E-state index contributed by atoms with van der Waals surface area (Å²) in [4.78, 5) is 0. The molecule has 1 aromatic heterocycles. The van der Waals surface area contributed by atoms with Crippen molar-refractivity contribution in [3.8, 4) is 0 Å². The van der Waals surface area contributed by atoms with Gasteiger partial charge in [-0.05, 0) is 62.1 Å². The van der Waals surface area contributed by atoms with Crippen molar-refractivity contribution in [3.63, 3.8) is 0 Å². The highest BCUT2D eigenvalue weighted by Gasteiger charge is 2.16. The molecule has 1 atom stereocenters. The number of nitrogens with zero attached hydrogens (tertiary/aromatic N) is 2. The van der Waals surface area contributed by atoms with Crippen molar-refractivity contribution >= 4 is 0 Å². The zero-order valence-electron chi connectivity index (χ0n) is 11.9. The van der Waals surface area contributed by atoms with Gasteiger partial charge in [0.05, 0.1) is 17.4 Å². The maximum Gasteiger partial charge on any atom is 0.123 e. The number of halogens is 1. The standard InChI is InChI=1S/C15H19FN4/c1-9-4-5-13(16)7-12(9)8-15(18-17)14-6-10(2)19-20-11(14)3/h4-7,15,18H,8,17H2,1-3H3. The Morgan fingerprint density at radius 2 is 1.95 bits per heavy atom. The average molecular weight is 274 g/mol. The highest BCUT2D eigenvalue weighted by Crippen LogP contribution is 2.22. The van der Waals surface area contributed by atoms with Gasteiger partial charge in [-0.25, -0.2) is 4.39 Å². The molecule has 20 heavy (non-hydrogen) atoms. The molecule has 1 unspecified atom stereocenters. The number of nitrogens with two attached hydrogens (primary N) is 1. The minimum atomic E-state index is -0.234. The lowest BCUT2D eigenvalue weighted by atomic mass is 9.95. The average Bonchev–Trinajstić information content (AvgIpc) is 2.42. The fraction of sp³-hybridized carbons (Fsp3) is 0.333. The van der Waals surface area contributed by atoms with Crippen molar-refractivity contribution in [1.29, 1.82) is 0 Å². The van der Waals surface area contributed by atoms with Crippen LogP contribution in [-0.2, 0) is 6.42 Å². The summed E-state index contributed by atoms with van der Waals surface area (Å²) in [6, 6.07) is 6.64. The fourth-order valence-corrected chi connectivity index (χ4v) is 2.26. The fourth-order valence-electron chi connectivity index (χ4n) is 2.26. The van der Waals surface area contributed by atoms with E-state index in [1.165, 1.54) is 6.07 Å². The lowest BCUT2D eigenvalue weighted by molar-refractivity contribution is 0.540. The molecule has 0 spiro atoms. The molecule has 3 N–H and O–H groups in total. The quantitative estimate of drug-likeness (QED) is 0.663. The van der Waals surface area contributed by atoms with E-state index >= 15 is 0 Å². The molecule has 0 aliphatic heterocycles. The number of aryl methyl sites for hydroxylation is 3. The molecule has 1 heterocycles. The SMILES string of the molecule is Cc1cc(C(Cc2cc(F)ccc2C)NN)c(C)nn1. The molecule has 5 heteroatoms.